The van der Waals surface area contributed by atoms with Crippen molar-refractivity contribution in [3.8, 4) is 11.4 Å². The highest BCUT2D eigenvalue weighted by molar-refractivity contribution is 5.77. The number of benzene rings is 1. The maximum Gasteiger partial charge on any atom is 0.223 e. The third-order valence-electron chi connectivity index (χ3n) is 5.69. The van der Waals surface area contributed by atoms with Gasteiger partial charge in [-0.25, -0.2) is 9.67 Å². The van der Waals surface area contributed by atoms with Crippen LogP contribution < -0.4 is 0 Å². The number of amides is 1. The summed E-state index contributed by atoms with van der Waals surface area (Å²) >= 11 is 0. The average molecular weight is 378 g/mol. The van der Waals surface area contributed by atoms with Gasteiger partial charge in [0.05, 0.1) is 18.3 Å². The highest BCUT2D eigenvalue weighted by atomic mass is 16.2. The summed E-state index contributed by atoms with van der Waals surface area (Å²) in [5.74, 6) is 1.73. The Morgan fingerprint density at radius 3 is 2.57 bits per heavy atom. The van der Waals surface area contributed by atoms with Crippen LogP contribution in [0.1, 0.15) is 42.2 Å². The zero-order chi connectivity index (χ0) is 19.8. The highest BCUT2D eigenvalue weighted by Gasteiger charge is 2.30. The zero-order valence-electron chi connectivity index (χ0n) is 16.9. The number of hydrogen-bond donors (Lipinski definition) is 0. The average Bonchev–Trinajstić information content (AvgIpc) is 3.23. The fourth-order valence-corrected chi connectivity index (χ4v) is 3.97. The van der Waals surface area contributed by atoms with E-state index in [-0.39, 0.29) is 11.9 Å². The molecule has 0 fully saturated rings. The van der Waals surface area contributed by atoms with Crippen LogP contribution in [0.3, 0.4) is 0 Å². The Balaban J connectivity index is 1.49. The lowest BCUT2D eigenvalue weighted by Gasteiger charge is -2.33. The summed E-state index contributed by atoms with van der Waals surface area (Å²) in [7, 11) is 1.94. The fourth-order valence-electron chi connectivity index (χ4n) is 3.97. The number of nitrogens with zero attached hydrogens (tertiary/aromatic N) is 6. The first-order valence-electron chi connectivity index (χ1n) is 9.74. The van der Waals surface area contributed by atoms with Gasteiger partial charge in [-0.3, -0.25) is 9.48 Å². The van der Waals surface area contributed by atoms with Gasteiger partial charge in [0.15, 0.2) is 5.82 Å². The van der Waals surface area contributed by atoms with Crippen molar-refractivity contribution >= 4 is 5.91 Å². The molecule has 28 heavy (non-hydrogen) atoms. The first-order chi connectivity index (χ1) is 13.5. The number of aryl methyl sites for hydroxylation is 2. The molecule has 146 valence electrons. The van der Waals surface area contributed by atoms with Gasteiger partial charge in [0, 0.05) is 31.3 Å². The quantitative estimate of drug-likeness (QED) is 0.700. The van der Waals surface area contributed by atoms with E-state index in [2.05, 4.69) is 17.1 Å². The molecule has 1 aliphatic heterocycles. The number of hydrogen-bond acceptors (Lipinski definition) is 4. The Kier molecular flexibility index (Phi) is 4.75. The second kappa shape index (κ2) is 7.22. The lowest BCUT2D eigenvalue weighted by atomic mass is 10.1. The summed E-state index contributed by atoms with van der Waals surface area (Å²) < 4.78 is 3.82. The molecule has 0 radical (unpaired) electrons. The first-order valence-corrected chi connectivity index (χ1v) is 9.74. The molecule has 0 saturated carbocycles. The van der Waals surface area contributed by atoms with Crippen molar-refractivity contribution in [1.29, 1.82) is 0 Å². The molecule has 0 unspecified atom stereocenters. The summed E-state index contributed by atoms with van der Waals surface area (Å²) in [6.07, 6.45) is 1.20. The molecule has 0 aliphatic carbocycles. The summed E-state index contributed by atoms with van der Waals surface area (Å²) in [6, 6.07) is 9.88. The normalized spacial score (nSPS) is 16.3. The SMILES string of the molecule is Cc1nn(C)c(C)c1CCC(=O)N1CCn2nc(-c3ccccc3)nc2[C@@H]1C. The molecule has 3 aromatic rings. The van der Waals surface area contributed by atoms with Crippen molar-refractivity contribution in [3.63, 3.8) is 0 Å². The van der Waals surface area contributed by atoms with Crippen molar-refractivity contribution in [2.24, 2.45) is 7.05 Å². The Bertz CT molecular complexity index is 1000. The molecule has 0 spiro atoms. The molecule has 7 nitrogen and oxygen atoms in total. The van der Waals surface area contributed by atoms with E-state index in [0.717, 1.165) is 35.0 Å². The Morgan fingerprint density at radius 1 is 1.14 bits per heavy atom. The van der Waals surface area contributed by atoms with Crippen LogP contribution in [0.5, 0.6) is 0 Å². The van der Waals surface area contributed by atoms with E-state index in [9.17, 15) is 4.79 Å². The van der Waals surface area contributed by atoms with Gasteiger partial charge in [0.1, 0.15) is 5.82 Å². The maximum absolute atomic E-state index is 12.9. The standard InChI is InChI=1S/C21H26N6O/c1-14-18(15(2)25(4)23-14)10-11-19(28)26-12-13-27-21(16(26)3)22-20(24-27)17-8-6-5-7-9-17/h5-9,16H,10-13H2,1-4H3/t16-/m0/s1. The zero-order valence-corrected chi connectivity index (χ0v) is 16.9. The van der Waals surface area contributed by atoms with Gasteiger partial charge >= 0.3 is 0 Å². The molecule has 4 rings (SSSR count). The topological polar surface area (TPSA) is 68.8 Å². The third kappa shape index (κ3) is 3.21. The van der Waals surface area contributed by atoms with Crippen LogP contribution in [0.25, 0.3) is 11.4 Å². The largest absolute Gasteiger partial charge is 0.331 e. The predicted molar refractivity (Wildman–Crippen MR) is 107 cm³/mol. The summed E-state index contributed by atoms with van der Waals surface area (Å²) in [5.41, 5.74) is 4.31. The van der Waals surface area contributed by atoms with E-state index in [4.69, 9.17) is 4.98 Å². The molecule has 3 heterocycles. The molecular weight excluding hydrogens is 352 g/mol. The van der Waals surface area contributed by atoms with E-state index in [1.54, 1.807) is 0 Å². The van der Waals surface area contributed by atoms with Crippen molar-refractivity contribution in [1.82, 2.24) is 29.4 Å². The lowest BCUT2D eigenvalue weighted by Crippen LogP contribution is -2.41. The second-order valence-corrected chi connectivity index (χ2v) is 7.42. The van der Waals surface area contributed by atoms with Crippen molar-refractivity contribution in [2.45, 2.75) is 46.2 Å². The van der Waals surface area contributed by atoms with Gasteiger partial charge in [-0.1, -0.05) is 30.3 Å². The van der Waals surface area contributed by atoms with Crippen LogP contribution >= 0.6 is 0 Å². The van der Waals surface area contributed by atoms with Gasteiger partial charge in [-0.05, 0) is 32.8 Å². The maximum atomic E-state index is 12.9. The summed E-state index contributed by atoms with van der Waals surface area (Å²) in [5, 5.41) is 9.09. The van der Waals surface area contributed by atoms with E-state index < -0.39 is 0 Å². The Hall–Kier alpha value is -2.96. The minimum atomic E-state index is -0.0812. The van der Waals surface area contributed by atoms with Gasteiger partial charge in [-0.15, -0.1) is 0 Å². The molecule has 1 aliphatic rings. The molecule has 0 N–H and O–H groups in total. The van der Waals surface area contributed by atoms with E-state index in [1.807, 2.05) is 65.5 Å². The molecular formula is C21H26N6O. The van der Waals surface area contributed by atoms with Crippen molar-refractivity contribution in [2.75, 3.05) is 6.54 Å². The smallest absolute Gasteiger partial charge is 0.223 e. The van der Waals surface area contributed by atoms with Crippen LogP contribution in [0.2, 0.25) is 0 Å². The third-order valence-corrected chi connectivity index (χ3v) is 5.69. The number of rotatable bonds is 4. The Labute approximate surface area is 165 Å². The summed E-state index contributed by atoms with van der Waals surface area (Å²) in [6.45, 7) is 7.43. The predicted octanol–water partition coefficient (Wildman–Crippen LogP) is 2.83. The second-order valence-electron chi connectivity index (χ2n) is 7.42. The van der Waals surface area contributed by atoms with Gasteiger partial charge < -0.3 is 4.90 Å². The Morgan fingerprint density at radius 2 is 1.89 bits per heavy atom. The molecule has 7 heteroatoms. The molecule has 1 amide bonds. The van der Waals surface area contributed by atoms with Crippen LogP contribution in [-0.2, 0) is 24.8 Å². The van der Waals surface area contributed by atoms with Gasteiger partial charge in [0.2, 0.25) is 5.91 Å². The molecule has 0 bridgehead atoms. The fraction of sp³-hybridized carbons (Fsp3) is 0.429. The van der Waals surface area contributed by atoms with Crippen LogP contribution in [0, 0.1) is 13.8 Å². The van der Waals surface area contributed by atoms with Gasteiger partial charge in [-0.2, -0.15) is 10.2 Å². The highest BCUT2D eigenvalue weighted by Crippen LogP contribution is 2.27. The lowest BCUT2D eigenvalue weighted by molar-refractivity contribution is -0.134. The van der Waals surface area contributed by atoms with Crippen molar-refractivity contribution < 1.29 is 4.79 Å². The monoisotopic (exact) mass is 378 g/mol. The molecule has 2 aromatic heterocycles. The number of carbonyl (C=O) groups excluding carboxylic acids is 1. The van der Waals surface area contributed by atoms with Crippen LogP contribution in [-0.4, -0.2) is 41.9 Å². The van der Waals surface area contributed by atoms with Crippen LogP contribution in [0.15, 0.2) is 30.3 Å². The van der Waals surface area contributed by atoms with Gasteiger partial charge in [0.25, 0.3) is 0 Å². The first kappa shape index (κ1) is 18.4. The number of carbonyl (C=O) groups is 1. The minimum absolute atomic E-state index is 0.0812. The molecule has 1 aromatic carbocycles. The van der Waals surface area contributed by atoms with Crippen LogP contribution in [0.4, 0.5) is 0 Å². The van der Waals surface area contributed by atoms with E-state index in [1.165, 1.54) is 5.56 Å². The summed E-state index contributed by atoms with van der Waals surface area (Å²) in [4.78, 5) is 19.6. The number of aromatic nitrogens is 5. The number of fused-ring (bicyclic) bond motifs is 1. The molecule has 1 atom stereocenters. The van der Waals surface area contributed by atoms with Crippen molar-refractivity contribution in [3.05, 3.63) is 53.1 Å². The minimum Gasteiger partial charge on any atom is -0.331 e. The van der Waals surface area contributed by atoms with E-state index >= 15 is 0 Å². The van der Waals surface area contributed by atoms with E-state index in [0.29, 0.717) is 19.5 Å². The molecule has 0 saturated heterocycles.